The normalized spacial score (nSPS) is 15.7. The van der Waals surface area contributed by atoms with Crippen LogP contribution < -0.4 is 5.43 Å². The van der Waals surface area contributed by atoms with E-state index in [1.807, 2.05) is 36.4 Å². The van der Waals surface area contributed by atoms with Crippen molar-refractivity contribution in [3.05, 3.63) is 89.2 Å². The lowest BCUT2D eigenvalue weighted by molar-refractivity contribution is -0.141. The van der Waals surface area contributed by atoms with E-state index in [4.69, 9.17) is 0 Å². The summed E-state index contributed by atoms with van der Waals surface area (Å²) in [7, 11) is 0. The molecular formula is C23H20F3N3. The molecule has 1 aliphatic heterocycles. The highest BCUT2D eigenvalue weighted by atomic mass is 19.4. The molecule has 4 rings (SSSR count). The Hall–Kier alpha value is -3.15. The lowest BCUT2D eigenvalue weighted by atomic mass is 9.90. The predicted molar refractivity (Wildman–Crippen MR) is 108 cm³/mol. The molecule has 0 aliphatic carbocycles. The Labute approximate surface area is 167 Å². The van der Waals surface area contributed by atoms with Crippen LogP contribution in [0.1, 0.15) is 36.2 Å². The van der Waals surface area contributed by atoms with E-state index in [0.29, 0.717) is 5.56 Å². The van der Waals surface area contributed by atoms with Crippen molar-refractivity contribution in [2.75, 3.05) is 0 Å². The fraction of sp³-hybridized carbons (Fsp3) is 0.217. The van der Waals surface area contributed by atoms with E-state index >= 15 is 0 Å². The van der Waals surface area contributed by atoms with E-state index in [1.165, 1.54) is 17.8 Å². The highest BCUT2D eigenvalue weighted by molar-refractivity contribution is 6.14. The van der Waals surface area contributed by atoms with Gasteiger partial charge in [-0.25, -0.2) is 0 Å². The van der Waals surface area contributed by atoms with Gasteiger partial charge in [0.15, 0.2) is 0 Å². The van der Waals surface area contributed by atoms with Crippen LogP contribution in [0.3, 0.4) is 0 Å². The van der Waals surface area contributed by atoms with Crippen LogP contribution in [0.2, 0.25) is 0 Å². The van der Waals surface area contributed by atoms with Crippen molar-refractivity contribution >= 4 is 5.71 Å². The van der Waals surface area contributed by atoms with Gasteiger partial charge in [0.1, 0.15) is 5.69 Å². The number of nitrogens with zero attached hydrogens (tertiary/aromatic N) is 2. The summed E-state index contributed by atoms with van der Waals surface area (Å²) in [6, 6.07) is 18.3. The zero-order valence-electron chi connectivity index (χ0n) is 16.1. The van der Waals surface area contributed by atoms with Crippen molar-refractivity contribution in [1.82, 2.24) is 10.4 Å². The van der Waals surface area contributed by atoms with Crippen LogP contribution in [0.15, 0.2) is 72.0 Å². The number of hydrogen-bond donors (Lipinski definition) is 1. The summed E-state index contributed by atoms with van der Waals surface area (Å²) in [5.41, 5.74) is 7.71. The summed E-state index contributed by atoms with van der Waals surface area (Å²) >= 11 is 0. The van der Waals surface area contributed by atoms with E-state index in [1.54, 1.807) is 0 Å². The molecule has 0 unspecified atom stereocenters. The molecule has 3 nitrogen and oxygen atoms in total. The molecule has 6 heteroatoms. The van der Waals surface area contributed by atoms with Crippen LogP contribution in [-0.2, 0) is 12.6 Å². The molecule has 1 N–H and O–H groups in total. The van der Waals surface area contributed by atoms with Gasteiger partial charge in [0, 0.05) is 22.9 Å². The number of alkyl halides is 3. The van der Waals surface area contributed by atoms with Crippen molar-refractivity contribution < 1.29 is 13.2 Å². The lowest BCUT2D eigenvalue weighted by Gasteiger charge is -2.22. The van der Waals surface area contributed by atoms with E-state index in [2.05, 4.69) is 41.5 Å². The summed E-state index contributed by atoms with van der Waals surface area (Å²) in [4.78, 5) is 3.54. The fourth-order valence-corrected chi connectivity index (χ4v) is 3.46. The first-order valence-corrected chi connectivity index (χ1v) is 9.30. The monoisotopic (exact) mass is 395 g/mol. The maximum Gasteiger partial charge on any atom is 0.433 e. The average molecular weight is 395 g/mol. The summed E-state index contributed by atoms with van der Waals surface area (Å²) in [5.74, 6) is 0. The molecule has 0 saturated heterocycles. The molecule has 0 spiro atoms. The van der Waals surface area contributed by atoms with Crippen LogP contribution in [0.4, 0.5) is 13.2 Å². The molecule has 0 atom stereocenters. The first-order chi connectivity index (χ1) is 13.7. The van der Waals surface area contributed by atoms with Gasteiger partial charge >= 0.3 is 6.18 Å². The van der Waals surface area contributed by atoms with Crippen LogP contribution in [0.25, 0.3) is 11.1 Å². The zero-order valence-corrected chi connectivity index (χ0v) is 16.1. The molecule has 0 saturated carbocycles. The molecule has 0 amide bonds. The Balaban J connectivity index is 1.67. The molecule has 0 bridgehead atoms. The Morgan fingerprint density at radius 1 is 0.862 bits per heavy atom. The van der Waals surface area contributed by atoms with Gasteiger partial charge in [-0.1, -0.05) is 54.6 Å². The Kier molecular flexibility index (Phi) is 4.65. The van der Waals surface area contributed by atoms with Crippen LogP contribution in [-0.4, -0.2) is 16.2 Å². The second-order valence-electron chi connectivity index (χ2n) is 7.80. The maximum absolute atomic E-state index is 12.7. The minimum atomic E-state index is -4.44. The van der Waals surface area contributed by atoms with Crippen molar-refractivity contribution in [2.45, 2.75) is 32.0 Å². The van der Waals surface area contributed by atoms with Crippen molar-refractivity contribution in [2.24, 2.45) is 5.10 Å². The molecule has 0 fully saturated rings. The molecule has 1 aromatic heterocycles. The molecule has 3 aromatic rings. The molecule has 29 heavy (non-hydrogen) atoms. The number of hydrogen-bond acceptors (Lipinski definition) is 3. The van der Waals surface area contributed by atoms with Gasteiger partial charge in [-0.05, 0) is 37.5 Å². The summed E-state index contributed by atoms with van der Waals surface area (Å²) in [6.07, 6.45) is -2.33. The maximum atomic E-state index is 12.7. The van der Waals surface area contributed by atoms with Crippen LogP contribution >= 0.6 is 0 Å². The number of hydrazone groups is 1. The minimum Gasteiger partial charge on any atom is -0.304 e. The van der Waals surface area contributed by atoms with Gasteiger partial charge in [0.05, 0.1) is 11.3 Å². The highest BCUT2D eigenvalue weighted by Crippen LogP contribution is 2.29. The Bertz CT molecular complexity index is 1050. The number of benzene rings is 2. The van der Waals surface area contributed by atoms with Gasteiger partial charge in [-0.2, -0.15) is 18.3 Å². The highest BCUT2D eigenvalue weighted by Gasteiger charge is 2.32. The first kappa shape index (κ1) is 19.2. The number of nitrogens with one attached hydrogen (secondary N) is 1. The van der Waals surface area contributed by atoms with Crippen molar-refractivity contribution in [1.29, 1.82) is 0 Å². The van der Waals surface area contributed by atoms with Gasteiger partial charge in [-0.3, -0.25) is 4.98 Å². The molecular weight excluding hydrogens is 375 g/mol. The number of aromatic nitrogens is 1. The van der Waals surface area contributed by atoms with Gasteiger partial charge < -0.3 is 5.43 Å². The lowest BCUT2D eigenvalue weighted by Crippen LogP contribution is -2.37. The quantitative estimate of drug-likeness (QED) is 0.627. The molecule has 1 aliphatic rings. The second-order valence-corrected chi connectivity index (χ2v) is 7.80. The average Bonchev–Trinajstić information content (AvgIpc) is 2.82. The smallest absolute Gasteiger partial charge is 0.304 e. The summed E-state index contributed by atoms with van der Waals surface area (Å²) in [5, 5.41) is 4.66. The van der Waals surface area contributed by atoms with E-state index in [-0.39, 0.29) is 5.54 Å². The van der Waals surface area contributed by atoms with Crippen LogP contribution in [0.5, 0.6) is 0 Å². The number of halogens is 3. The predicted octanol–water partition coefficient (Wildman–Crippen LogP) is 5.44. The van der Waals surface area contributed by atoms with Gasteiger partial charge in [-0.15, -0.1) is 0 Å². The summed E-state index contributed by atoms with van der Waals surface area (Å²) < 4.78 is 38.1. The van der Waals surface area contributed by atoms with E-state index < -0.39 is 11.9 Å². The largest absolute Gasteiger partial charge is 0.433 e. The molecule has 0 radical (unpaired) electrons. The first-order valence-electron chi connectivity index (χ1n) is 9.30. The van der Waals surface area contributed by atoms with Crippen LogP contribution in [0, 0.1) is 0 Å². The Morgan fingerprint density at radius 2 is 1.52 bits per heavy atom. The zero-order chi connectivity index (χ0) is 20.6. The van der Waals surface area contributed by atoms with E-state index in [9.17, 15) is 13.2 Å². The number of rotatable bonds is 2. The van der Waals surface area contributed by atoms with E-state index in [0.717, 1.165) is 34.9 Å². The van der Waals surface area contributed by atoms with Crippen molar-refractivity contribution in [3.8, 4) is 11.1 Å². The molecule has 148 valence electrons. The third kappa shape index (κ3) is 4.01. The number of pyridine rings is 1. The van der Waals surface area contributed by atoms with Gasteiger partial charge in [0.25, 0.3) is 0 Å². The third-order valence-electron chi connectivity index (χ3n) is 4.92. The SMILES string of the molecule is CC1(C)Cc2ccccc2C(c2ccc(-c3ccc(C(F)(F)F)nc3)cc2)=NN1. The molecule has 2 aromatic carbocycles. The Morgan fingerprint density at radius 3 is 2.17 bits per heavy atom. The van der Waals surface area contributed by atoms with Crippen molar-refractivity contribution in [3.63, 3.8) is 0 Å². The minimum absolute atomic E-state index is 0.163. The third-order valence-corrected chi connectivity index (χ3v) is 4.92. The topological polar surface area (TPSA) is 37.3 Å². The van der Waals surface area contributed by atoms with Gasteiger partial charge in [0.2, 0.25) is 0 Å². The number of fused-ring (bicyclic) bond motifs is 1. The standard InChI is InChI=1S/C23H20F3N3/c1-22(2)13-17-5-3-4-6-19(17)21(28-29-22)16-9-7-15(8-10-16)18-11-12-20(27-14-18)23(24,25)26/h3-12,14,29H,13H2,1-2H3. The second kappa shape index (κ2) is 7.03. The summed E-state index contributed by atoms with van der Waals surface area (Å²) in [6.45, 7) is 4.22. The fourth-order valence-electron chi connectivity index (χ4n) is 3.46. The molecule has 2 heterocycles.